The van der Waals surface area contributed by atoms with Crippen LogP contribution in [0.5, 0.6) is 0 Å². The van der Waals surface area contributed by atoms with Gasteiger partial charge in [0.05, 0.1) is 0 Å². The van der Waals surface area contributed by atoms with Gasteiger partial charge in [-0.2, -0.15) is 0 Å². The van der Waals surface area contributed by atoms with Gasteiger partial charge in [0.2, 0.25) is 0 Å². The van der Waals surface area contributed by atoms with E-state index in [4.69, 9.17) is 0 Å². The summed E-state index contributed by atoms with van der Waals surface area (Å²) in [6, 6.07) is 30.0. The van der Waals surface area contributed by atoms with Gasteiger partial charge in [-0.15, -0.1) is 24.8 Å². The van der Waals surface area contributed by atoms with Crippen LogP contribution >= 0.6 is 24.8 Å². The van der Waals surface area contributed by atoms with E-state index in [-0.39, 0.29) is 24.8 Å². The molecule has 0 radical (unpaired) electrons. The Hall–Kier alpha value is -1.53. The number of hydrogen-bond donors (Lipinski definition) is 0. The van der Waals surface area contributed by atoms with Crippen LogP contribution in [0.3, 0.4) is 0 Å². The summed E-state index contributed by atoms with van der Waals surface area (Å²) in [4.78, 5) is 0. The smallest absolute Gasteiger partial charge is 0.147 e. The first-order valence-electron chi connectivity index (χ1n) is 23.3. The Balaban J connectivity index is 0.00000302. The van der Waals surface area contributed by atoms with E-state index >= 15 is 0 Å². The predicted molar refractivity (Wildman–Crippen MR) is 278 cm³/mol. The fraction of sp³-hybridized carbons (Fsp3) is 0.481. The first kappa shape index (κ1) is 47.9. The van der Waals surface area contributed by atoms with E-state index in [9.17, 15) is 0 Å². The van der Waals surface area contributed by atoms with Crippen molar-refractivity contribution in [3.63, 3.8) is 0 Å². The molecule has 2 unspecified atom stereocenters. The van der Waals surface area contributed by atoms with E-state index in [1.807, 2.05) is 0 Å². The molecule has 322 valence electrons. The number of benzene rings is 4. The van der Waals surface area contributed by atoms with Crippen molar-refractivity contribution in [1.29, 1.82) is 0 Å². The fourth-order valence-electron chi connectivity index (χ4n) is 12.4. The molecule has 8 rings (SSSR count). The van der Waals surface area contributed by atoms with Gasteiger partial charge in [0.25, 0.3) is 0 Å². The second-order valence-corrected chi connectivity index (χ2v) is 63.6. The van der Waals surface area contributed by atoms with Crippen LogP contribution in [0.15, 0.2) is 83.9 Å². The van der Waals surface area contributed by atoms with E-state index in [2.05, 4.69) is 154 Å². The quantitative estimate of drug-likeness (QED) is 0.139. The van der Waals surface area contributed by atoms with Gasteiger partial charge in [0, 0.05) is 0 Å². The van der Waals surface area contributed by atoms with E-state index in [0.717, 1.165) is 11.8 Å². The van der Waals surface area contributed by atoms with Crippen LogP contribution in [-0.4, -0.2) is 23.0 Å². The Kier molecular flexibility index (Phi) is 14.5. The first-order chi connectivity index (χ1) is 27.4. The minimum absolute atomic E-state index is 0. The van der Waals surface area contributed by atoms with Gasteiger partial charge >= 0.3 is 361 Å². The van der Waals surface area contributed by atoms with E-state index in [0.29, 0.717) is 7.25 Å². The summed E-state index contributed by atoms with van der Waals surface area (Å²) < 4.78 is 6.97. The largest absolute Gasteiger partial charge is 0.147 e. The van der Waals surface area contributed by atoms with Gasteiger partial charge in [0.15, 0.2) is 0 Å². The Bertz CT molecular complexity index is 2160. The molecule has 0 bridgehead atoms. The van der Waals surface area contributed by atoms with E-state index < -0.39 is 33.5 Å². The molecule has 2 saturated carbocycles. The van der Waals surface area contributed by atoms with Gasteiger partial charge in [-0.1, -0.05) is 0 Å². The van der Waals surface area contributed by atoms with Crippen LogP contribution in [0.4, 0.5) is 0 Å². The van der Waals surface area contributed by atoms with E-state index in [1.165, 1.54) is 110 Å². The topological polar surface area (TPSA) is 0 Å². The van der Waals surface area contributed by atoms with Gasteiger partial charge in [0.1, 0.15) is 0 Å². The van der Waals surface area contributed by atoms with E-state index in [1.54, 1.807) is 43.8 Å². The minimum atomic E-state index is -3.91. The fourth-order valence-corrected chi connectivity index (χ4v) is 34.4. The Morgan fingerprint density at radius 3 is 1.17 bits per heavy atom. The molecule has 0 nitrogen and oxygen atoms in total. The summed E-state index contributed by atoms with van der Waals surface area (Å²) in [5, 5.41) is 3.11. The van der Waals surface area contributed by atoms with Crippen LogP contribution in [-0.2, 0) is 17.4 Å². The molecule has 0 spiro atoms. The number of fused-ring (bicyclic) bond motifs is 2. The normalized spacial score (nSPS) is 20.1. The molecule has 0 heterocycles. The average molecular weight is 972 g/mol. The van der Waals surface area contributed by atoms with Crippen molar-refractivity contribution in [2.75, 3.05) is 0 Å². The summed E-state index contributed by atoms with van der Waals surface area (Å²) >= 11 is -3.91. The van der Waals surface area contributed by atoms with Gasteiger partial charge in [-0.05, 0) is 0 Å². The monoisotopic (exact) mass is 968 g/mol. The number of allylic oxidation sites excluding steroid dienone is 2. The van der Waals surface area contributed by atoms with Crippen LogP contribution in [0.25, 0.3) is 34.4 Å². The molecule has 0 saturated heterocycles. The number of aryl methyl sites for hydroxylation is 2. The molecular formula is C54H76Cl2Si3Zr. The molecule has 4 aliphatic carbocycles. The third-order valence-electron chi connectivity index (χ3n) is 15.3. The molecular weight excluding hydrogens is 895 g/mol. The summed E-state index contributed by atoms with van der Waals surface area (Å²) in [6.07, 6.45) is 22.3. The Morgan fingerprint density at radius 2 is 0.850 bits per heavy atom. The Labute approximate surface area is 382 Å². The maximum absolute atomic E-state index is 3.91. The molecule has 2 atom stereocenters. The third kappa shape index (κ3) is 9.61. The van der Waals surface area contributed by atoms with Gasteiger partial charge < -0.3 is 0 Å². The molecule has 60 heavy (non-hydrogen) atoms. The summed E-state index contributed by atoms with van der Waals surface area (Å²) in [7, 11) is -2.77. The summed E-state index contributed by atoms with van der Waals surface area (Å²) in [5.41, 5.74) is 18.7. The first-order valence-corrected chi connectivity index (χ1v) is 44.0. The van der Waals surface area contributed by atoms with Crippen LogP contribution < -0.4 is 10.4 Å². The second kappa shape index (κ2) is 18.2. The Morgan fingerprint density at radius 1 is 0.517 bits per heavy atom. The number of hydrogen-bond acceptors (Lipinski definition) is 0. The zero-order valence-electron chi connectivity index (χ0n) is 38.9. The molecule has 4 aromatic rings. The van der Waals surface area contributed by atoms with Crippen molar-refractivity contribution in [3.05, 3.63) is 117 Å². The maximum Gasteiger partial charge on any atom is -0.147 e. The minimum Gasteiger partial charge on any atom is -0.147 e. The average Bonchev–Trinajstić information content (AvgIpc) is 3.73. The summed E-state index contributed by atoms with van der Waals surface area (Å²) in [6.45, 7) is 22.2. The molecule has 0 aromatic heterocycles. The van der Waals surface area contributed by atoms with Crippen molar-refractivity contribution < 1.29 is 17.4 Å². The second-order valence-electron chi connectivity index (χ2n) is 22.9. The molecule has 0 amide bonds. The van der Waals surface area contributed by atoms with Crippen molar-refractivity contribution in [3.8, 4) is 22.3 Å². The predicted octanol–water partition coefficient (Wildman–Crippen LogP) is 15.4. The van der Waals surface area contributed by atoms with Gasteiger partial charge in [-0.25, -0.2) is 0 Å². The number of rotatable bonds is 10. The summed E-state index contributed by atoms with van der Waals surface area (Å²) in [5.74, 6) is 1.65. The van der Waals surface area contributed by atoms with Crippen LogP contribution in [0, 0.1) is 25.7 Å². The molecule has 4 aromatic carbocycles. The van der Waals surface area contributed by atoms with Crippen molar-refractivity contribution in [2.24, 2.45) is 11.8 Å². The van der Waals surface area contributed by atoms with Crippen LogP contribution in [0.2, 0.25) is 48.5 Å². The van der Waals surface area contributed by atoms with Crippen LogP contribution in [0.1, 0.15) is 118 Å². The van der Waals surface area contributed by atoms with Gasteiger partial charge in [-0.3, -0.25) is 0 Å². The molecule has 0 N–H and O–H groups in total. The zero-order chi connectivity index (χ0) is 41.2. The third-order valence-corrected chi connectivity index (χ3v) is 36.9. The molecule has 2 fully saturated rings. The SMILES string of the molecule is Cc1cc(-c2ccc([Si](C)(C)C)cc2)c2c(c1)[CH]([Zr]([CH3])([CH3])(=[SiH2])[CH]1C(CC3CCCCC3)=Cc3c(-c4ccc([Si](C)(C)C)cc4)cc(C)cc31)C(CC1CCCCC1)=C2.Cl.Cl. The van der Waals surface area contributed by atoms with Crippen molar-refractivity contribution in [1.82, 2.24) is 0 Å². The van der Waals surface area contributed by atoms with Crippen molar-refractivity contribution in [2.45, 2.75) is 147 Å². The number of halogens is 2. The maximum atomic E-state index is 2.93. The zero-order valence-corrected chi connectivity index (χ0v) is 46.4. The standard InChI is InChI=1S/2C26H33Si.2CH3.2ClH.H2Si.Zr/c2*1-19-14-23-17-21(16-20-8-6-5-7-9-20)18-26(23)25(15-19)22-10-12-24(13-11-22)27(2,3)4;;;;;;/h2*10-15,17-18,20H,5-9,16H2,1-4H3;2*1H3;2*1H;1H2;. The van der Waals surface area contributed by atoms with Crippen molar-refractivity contribution >= 4 is 70.4 Å². The molecule has 4 aliphatic rings. The molecule has 6 heteroatoms. The molecule has 0 aliphatic heterocycles.